The van der Waals surface area contributed by atoms with Gasteiger partial charge in [-0.15, -0.1) is 11.3 Å². The summed E-state index contributed by atoms with van der Waals surface area (Å²) >= 11 is 0.450. The topological polar surface area (TPSA) is 40.6 Å². The first-order valence-electron chi connectivity index (χ1n) is 10.7. The van der Waals surface area contributed by atoms with E-state index in [0.29, 0.717) is 29.9 Å². The average Bonchev–Trinajstić information content (AvgIpc) is 3.31. The van der Waals surface area contributed by atoms with E-state index < -0.39 is 17.0 Å². The molecule has 0 bridgehead atoms. The number of hydrogen-bond acceptors (Lipinski definition) is 3. The van der Waals surface area contributed by atoms with Gasteiger partial charge in [0, 0.05) is 23.8 Å². The van der Waals surface area contributed by atoms with Crippen LogP contribution in [-0.4, -0.2) is 17.9 Å². The van der Waals surface area contributed by atoms with Crippen LogP contribution in [0.25, 0.3) is 0 Å². The summed E-state index contributed by atoms with van der Waals surface area (Å²) in [5.74, 6) is -0.511. The van der Waals surface area contributed by atoms with Crippen molar-refractivity contribution in [3.63, 3.8) is 0 Å². The molecule has 8 heteroatoms. The van der Waals surface area contributed by atoms with Crippen molar-refractivity contribution in [2.75, 3.05) is 9.80 Å². The summed E-state index contributed by atoms with van der Waals surface area (Å²) in [5.41, 5.74) is 2.17. The zero-order valence-corrected chi connectivity index (χ0v) is 19.0. The zero-order chi connectivity index (χ0) is 23.8. The maximum atomic E-state index is 13.3. The molecule has 4 nitrogen and oxygen atoms in total. The van der Waals surface area contributed by atoms with Crippen LogP contribution < -0.4 is 9.80 Å². The predicted molar refractivity (Wildman–Crippen MR) is 124 cm³/mol. The summed E-state index contributed by atoms with van der Waals surface area (Å²) < 4.78 is 39.2. The van der Waals surface area contributed by atoms with Gasteiger partial charge in [0.05, 0.1) is 10.9 Å². The quantitative estimate of drug-likeness (QED) is 0.424. The molecule has 1 aromatic heterocycles. The van der Waals surface area contributed by atoms with Gasteiger partial charge in [0.25, 0.3) is 5.91 Å². The highest BCUT2D eigenvalue weighted by atomic mass is 32.1. The number of hydrogen-bond donors (Lipinski definition) is 0. The number of rotatable bonds is 4. The molecule has 172 valence electrons. The van der Waals surface area contributed by atoms with Gasteiger partial charge in [-0.3, -0.25) is 9.59 Å². The number of para-hydroxylation sites is 2. The Hall–Kier alpha value is -3.13. The molecule has 2 atom stereocenters. The van der Waals surface area contributed by atoms with E-state index in [1.165, 1.54) is 6.07 Å². The van der Waals surface area contributed by atoms with Crippen molar-refractivity contribution >= 4 is 34.5 Å². The van der Waals surface area contributed by atoms with Gasteiger partial charge in [-0.25, -0.2) is 0 Å². The maximum absolute atomic E-state index is 13.3. The predicted octanol–water partition coefficient (Wildman–Crippen LogP) is 6.69. The van der Waals surface area contributed by atoms with Crippen LogP contribution in [0, 0.1) is 0 Å². The Morgan fingerprint density at radius 1 is 1.03 bits per heavy atom. The molecule has 2 heterocycles. The Kier molecular flexibility index (Phi) is 6.30. The Labute approximate surface area is 194 Å². The summed E-state index contributed by atoms with van der Waals surface area (Å²) in [6, 6.07) is 18.2. The van der Waals surface area contributed by atoms with Crippen LogP contribution in [0.1, 0.15) is 52.8 Å². The molecule has 1 aliphatic heterocycles. The molecular formula is C25H23F3N2O2S. The highest BCUT2D eigenvalue weighted by Crippen LogP contribution is 2.43. The third kappa shape index (κ3) is 4.39. The summed E-state index contributed by atoms with van der Waals surface area (Å²) in [6.45, 7) is 3.67. The Bertz CT molecular complexity index is 1160. The highest BCUT2D eigenvalue weighted by Gasteiger charge is 2.40. The lowest BCUT2D eigenvalue weighted by molar-refractivity contribution is -0.134. The first-order chi connectivity index (χ1) is 15.7. The molecule has 0 saturated carbocycles. The van der Waals surface area contributed by atoms with Crippen molar-refractivity contribution in [2.45, 2.75) is 44.9 Å². The minimum atomic E-state index is -4.49. The van der Waals surface area contributed by atoms with Gasteiger partial charge in [0.2, 0.25) is 5.91 Å². The highest BCUT2D eigenvalue weighted by molar-refractivity contribution is 7.14. The molecule has 33 heavy (non-hydrogen) atoms. The maximum Gasteiger partial charge on any atom is 0.425 e. The van der Waals surface area contributed by atoms with Gasteiger partial charge >= 0.3 is 6.18 Å². The molecule has 4 rings (SSSR count). The standard InChI is InChI=1S/C25H23F3N2O2S/c1-3-23(31)30(17-9-5-4-6-10-17)20-15-16(2)29(19-12-8-7-11-18(19)20)24(32)21-13-14-22(33-21)25(26,27)28/h4-14,16,20H,3,15H2,1-2H3/t16-,20+/m1/s1. The van der Waals surface area contributed by atoms with Crippen LogP contribution >= 0.6 is 11.3 Å². The lowest BCUT2D eigenvalue weighted by Crippen LogP contribution is -2.47. The number of benzene rings is 2. The Morgan fingerprint density at radius 3 is 2.33 bits per heavy atom. The van der Waals surface area contributed by atoms with E-state index in [1.807, 2.05) is 49.4 Å². The Morgan fingerprint density at radius 2 is 1.70 bits per heavy atom. The second-order valence-corrected chi connectivity index (χ2v) is 9.03. The average molecular weight is 473 g/mol. The number of alkyl halides is 3. The molecule has 0 saturated heterocycles. The van der Waals surface area contributed by atoms with Crippen molar-refractivity contribution in [1.82, 2.24) is 0 Å². The molecule has 3 aromatic rings. The normalized spacial score (nSPS) is 18.0. The SMILES string of the molecule is CCC(=O)N(c1ccccc1)[C@H]1C[C@@H](C)N(C(=O)c2ccc(C(F)(F)F)s2)c2ccccc21. The summed E-state index contributed by atoms with van der Waals surface area (Å²) in [6.07, 6.45) is -3.71. The number of halogens is 3. The van der Waals surface area contributed by atoms with Crippen LogP contribution in [-0.2, 0) is 11.0 Å². The smallest absolute Gasteiger partial charge is 0.305 e. The molecule has 0 unspecified atom stereocenters. The molecule has 0 spiro atoms. The number of carbonyl (C=O) groups excluding carboxylic acids is 2. The first kappa shape index (κ1) is 23.0. The first-order valence-corrected chi connectivity index (χ1v) is 11.5. The third-order valence-electron chi connectivity index (χ3n) is 5.79. The van der Waals surface area contributed by atoms with Crippen LogP contribution in [0.15, 0.2) is 66.7 Å². The molecule has 2 amide bonds. The lowest BCUT2D eigenvalue weighted by atomic mass is 9.89. The van der Waals surface area contributed by atoms with E-state index in [0.717, 1.165) is 17.3 Å². The Balaban J connectivity index is 1.76. The van der Waals surface area contributed by atoms with Gasteiger partial charge in [-0.1, -0.05) is 43.3 Å². The second-order valence-electron chi connectivity index (χ2n) is 7.95. The third-order valence-corrected chi connectivity index (χ3v) is 6.91. The fourth-order valence-electron chi connectivity index (χ4n) is 4.32. The fraction of sp³-hybridized carbons (Fsp3) is 0.280. The molecule has 0 radical (unpaired) electrons. The summed E-state index contributed by atoms with van der Waals surface area (Å²) in [5, 5.41) is 0. The molecule has 0 aliphatic carbocycles. The van der Waals surface area contributed by atoms with E-state index in [2.05, 4.69) is 0 Å². The molecule has 2 aromatic carbocycles. The van der Waals surface area contributed by atoms with Crippen molar-refractivity contribution < 1.29 is 22.8 Å². The molecule has 1 aliphatic rings. The van der Waals surface area contributed by atoms with Crippen LogP contribution in [0.3, 0.4) is 0 Å². The lowest BCUT2D eigenvalue weighted by Gasteiger charge is -2.43. The van der Waals surface area contributed by atoms with Gasteiger partial charge in [-0.05, 0) is 49.2 Å². The van der Waals surface area contributed by atoms with E-state index in [1.54, 1.807) is 28.9 Å². The number of nitrogens with zero attached hydrogens (tertiary/aromatic N) is 2. The minimum Gasteiger partial charge on any atom is -0.305 e. The summed E-state index contributed by atoms with van der Waals surface area (Å²) in [7, 11) is 0. The minimum absolute atomic E-state index is 0.0342. The van der Waals surface area contributed by atoms with E-state index in [9.17, 15) is 22.8 Å². The number of carbonyl (C=O) groups is 2. The number of anilines is 2. The molecule has 0 fully saturated rings. The second kappa shape index (κ2) is 9.02. The van der Waals surface area contributed by atoms with Crippen LogP contribution in [0.5, 0.6) is 0 Å². The van der Waals surface area contributed by atoms with Gasteiger partial charge in [-0.2, -0.15) is 13.2 Å². The van der Waals surface area contributed by atoms with E-state index >= 15 is 0 Å². The number of fused-ring (bicyclic) bond motifs is 1. The zero-order valence-electron chi connectivity index (χ0n) is 18.2. The summed E-state index contributed by atoms with van der Waals surface area (Å²) in [4.78, 5) is 28.9. The van der Waals surface area contributed by atoms with Gasteiger partial charge in [0.1, 0.15) is 4.88 Å². The van der Waals surface area contributed by atoms with Gasteiger partial charge in [0.15, 0.2) is 0 Å². The van der Waals surface area contributed by atoms with Crippen molar-refractivity contribution in [3.05, 3.63) is 82.0 Å². The largest absolute Gasteiger partial charge is 0.425 e. The molecule has 0 N–H and O–H groups in total. The number of thiophene rings is 1. The van der Waals surface area contributed by atoms with Gasteiger partial charge < -0.3 is 9.80 Å². The molecular weight excluding hydrogens is 449 g/mol. The van der Waals surface area contributed by atoms with Crippen molar-refractivity contribution in [2.24, 2.45) is 0 Å². The van der Waals surface area contributed by atoms with Crippen LogP contribution in [0.4, 0.5) is 24.5 Å². The fourth-order valence-corrected chi connectivity index (χ4v) is 5.13. The van der Waals surface area contributed by atoms with Crippen molar-refractivity contribution in [3.8, 4) is 0 Å². The van der Waals surface area contributed by atoms with Crippen LogP contribution in [0.2, 0.25) is 0 Å². The van der Waals surface area contributed by atoms with E-state index in [4.69, 9.17) is 0 Å². The monoisotopic (exact) mass is 472 g/mol. The van der Waals surface area contributed by atoms with E-state index in [-0.39, 0.29) is 22.9 Å². The van der Waals surface area contributed by atoms with Crippen molar-refractivity contribution in [1.29, 1.82) is 0 Å². The number of amides is 2.